The molecule has 1 fully saturated rings. The van der Waals surface area contributed by atoms with E-state index in [9.17, 15) is 25.2 Å². The lowest BCUT2D eigenvalue weighted by Gasteiger charge is -2.39. The maximum Gasteiger partial charge on any atom is 0.305 e. The minimum Gasteiger partial charge on any atom is -0.463 e. The third kappa shape index (κ3) is 14.6. The summed E-state index contributed by atoms with van der Waals surface area (Å²) in [6.07, 6.45) is 12.1. The maximum atomic E-state index is 11.9. The second kappa shape index (κ2) is 20.9. The molecule has 1 rings (SSSR count). The van der Waals surface area contributed by atoms with Gasteiger partial charge in [-0.25, -0.2) is 0 Å². The number of carbonyl (C=O) groups excluding carboxylic acids is 1. The van der Waals surface area contributed by atoms with Gasteiger partial charge in [-0.2, -0.15) is 0 Å². The fraction of sp³-hybridized carbons (Fsp3) is 0.889. The molecule has 36 heavy (non-hydrogen) atoms. The van der Waals surface area contributed by atoms with Crippen LogP contribution in [0.2, 0.25) is 0 Å². The molecule has 9 nitrogen and oxygen atoms in total. The zero-order chi connectivity index (χ0) is 26.6. The van der Waals surface area contributed by atoms with Crippen molar-refractivity contribution in [2.45, 2.75) is 134 Å². The molecule has 0 radical (unpaired) electrons. The fourth-order valence-corrected chi connectivity index (χ4v) is 4.06. The molecule has 0 aromatic rings. The Morgan fingerprint density at radius 1 is 0.833 bits per heavy atom. The van der Waals surface area contributed by atoms with Gasteiger partial charge in [-0.05, 0) is 32.1 Å². The van der Waals surface area contributed by atoms with E-state index in [1.54, 1.807) is 0 Å². The average Bonchev–Trinajstić information content (AvgIpc) is 2.88. The van der Waals surface area contributed by atoms with Crippen LogP contribution < -0.4 is 0 Å². The van der Waals surface area contributed by atoms with E-state index in [1.165, 1.54) is 44.9 Å². The van der Waals surface area contributed by atoms with Crippen LogP contribution in [0.3, 0.4) is 0 Å². The van der Waals surface area contributed by atoms with Gasteiger partial charge >= 0.3 is 5.97 Å². The van der Waals surface area contributed by atoms with Gasteiger partial charge in [-0.1, -0.05) is 70.4 Å². The Morgan fingerprint density at radius 3 is 2.03 bits per heavy atom. The molecule has 0 bridgehead atoms. The quantitative estimate of drug-likeness (QED) is 0.0879. The molecular formula is C27H50O9. The summed E-state index contributed by atoms with van der Waals surface area (Å²) >= 11 is 0. The van der Waals surface area contributed by atoms with Crippen molar-refractivity contribution < 1.29 is 44.5 Å². The summed E-state index contributed by atoms with van der Waals surface area (Å²) in [6, 6.07) is 0. The van der Waals surface area contributed by atoms with Crippen molar-refractivity contribution in [3.8, 4) is 0 Å². The molecule has 1 heterocycles. The average molecular weight is 519 g/mol. The van der Waals surface area contributed by atoms with Crippen LogP contribution >= 0.6 is 0 Å². The number of esters is 1. The number of ether oxygens (including phenoxy) is 3. The first-order valence-corrected chi connectivity index (χ1v) is 13.8. The van der Waals surface area contributed by atoms with Gasteiger partial charge in [0.25, 0.3) is 0 Å². The van der Waals surface area contributed by atoms with Crippen LogP contribution in [-0.2, 0) is 19.0 Å². The molecule has 0 saturated carbocycles. The third-order valence-corrected chi connectivity index (χ3v) is 6.38. The van der Waals surface area contributed by atoms with E-state index in [0.717, 1.165) is 38.5 Å². The molecular weight excluding hydrogens is 468 g/mol. The summed E-state index contributed by atoms with van der Waals surface area (Å²) in [5, 5.41) is 48.5. The van der Waals surface area contributed by atoms with Gasteiger partial charge in [0.2, 0.25) is 0 Å². The van der Waals surface area contributed by atoms with E-state index in [2.05, 4.69) is 19.1 Å². The standard InChI is InChI=1S/C27H50O9/c1-2-3-4-5-6-7-8-9-10-11-12-13-14-15-16-17-23(30)34-19-21(29)20-35-27-26(33)25(32)24(31)22(18-28)36-27/h9-10,21-22,24-29,31-33H,2-8,11-20H2,1H3/b10-9-/t21-,22-,24-,25+,26-,27-/m1/s1. The summed E-state index contributed by atoms with van der Waals surface area (Å²) in [5.74, 6) is -0.389. The van der Waals surface area contributed by atoms with E-state index >= 15 is 0 Å². The zero-order valence-electron chi connectivity index (χ0n) is 22.0. The number of rotatable bonds is 21. The first kappa shape index (κ1) is 33.0. The predicted molar refractivity (Wildman–Crippen MR) is 136 cm³/mol. The Hall–Kier alpha value is -1.07. The predicted octanol–water partition coefficient (Wildman–Crippen LogP) is 2.74. The molecule has 0 aromatic heterocycles. The Morgan fingerprint density at radius 2 is 1.42 bits per heavy atom. The molecule has 1 aliphatic heterocycles. The van der Waals surface area contributed by atoms with E-state index in [1.807, 2.05) is 0 Å². The van der Waals surface area contributed by atoms with Crippen LogP contribution in [0, 0.1) is 0 Å². The smallest absolute Gasteiger partial charge is 0.305 e. The number of unbranched alkanes of at least 4 members (excludes halogenated alkanes) is 11. The second-order valence-electron chi connectivity index (χ2n) is 9.70. The van der Waals surface area contributed by atoms with Crippen LogP contribution in [-0.4, -0.2) is 88.1 Å². The maximum absolute atomic E-state index is 11.9. The largest absolute Gasteiger partial charge is 0.463 e. The van der Waals surface area contributed by atoms with Gasteiger partial charge in [0.1, 0.15) is 37.1 Å². The van der Waals surface area contributed by atoms with Crippen molar-refractivity contribution in [1.82, 2.24) is 0 Å². The minimum atomic E-state index is -1.55. The summed E-state index contributed by atoms with van der Waals surface area (Å²) in [4.78, 5) is 11.9. The number of aliphatic hydroxyl groups excluding tert-OH is 5. The zero-order valence-corrected chi connectivity index (χ0v) is 22.0. The second-order valence-corrected chi connectivity index (χ2v) is 9.70. The SMILES string of the molecule is CCCCCCCC/C=C\CCCCCCCC(=O)OC[C@@H](O)CO[C@@H]1O[C@H](CO)[C@@H](O)[C@H](O)[C@H]1O. The van der Waals surface area contributed by atoms with Crippen molar-refractivity contribution in [3.63, 3.8) is 0 Å². The van der Waals surface area contributed by atoms with Crippen LogP contribution in [0.1, 0.15) is 96.8 Å². The molecule has 0 amide bonds. The molecule has 212 valence electrons. The number of allylic oxidation sites excluding steroid dienone is 2. The number of aliphatic hydroxyl groups is 5. The molecule has 5 N–H and O–H groups in total. The summed E-state index contributed by atoms with van der Waals surface area (Å²) in [5.41, 5.74) is 0. The highest BCUT2D eigenvalue weighted by Crippen LogP contribution is 2.22. The Kier molecular flexibility index (Phi) is 19.2. The molecule has 1 aliphatic rings. The number of carbonyl (C=O) groups is 1. The minimum absolute atomic E-state index is 0.263. The van der Waals surface area contributed by atoms with Gasteiger partial charge in [-0.15, -0.1) is 0 Å². The van der Waals surface area contributed by atoms with Crippen molar-refractivity contribution >= 4 is 5.97 Å². The fourth-order valence-electron chi connectivity index (χ4n) is 4.06. The lowest BCUT2D eigenvalue weighted by molar-refractivity contribution is -0.305. The topological polar surface area (TPSA) is 146 Å². The van der Waals surface area contributed by atoms with Crippen LogP contribution in [0.4, 0.5) is 0 Å². The summed E-state index contributed by atoms with van der Waals surface area (Å²) in [7, 11) is 0. The van der Waals surface area contributed by atoms with Crippen molar-refractivity contribution in [1.29, 1.82) is 0 Å². The van der Waals surface area contributed by atoms with Crippen molar-refractivity contribution in [3.05, 3.63) is 12.2 Å². The molecule has 6 atom stereocenters. The van der Waals surface area contributed by atoms with Gasteiger partial charge in [0.05, 0.1) is 13.2 Å². The monoisotopic (exact) mass is 518 g/mol. The van der Waals surface area contributed by atoms with Gasteiger partial charge in [-0.3, -0.25) is 4.79 Å². The van der Waals surface area contributed by atoms with Gasteiger partial charge in [0, 0.05) is 6.42 Å². The summed E-state index contributed by atoms with van der Waals surface area (Å²) < 4.78 is 15.5. The van der Waals surface area contributed by atoms with Crippen molar-refractivity contribution in [2.75, 3.05) is 19.8 Å². The van der Waals surface area contributed by atoms with Crippen LogP contribution in [0.25, 0.3) is 0 Å². The van der Waals surface area contributed by atoms with E-state index in [4.69, 9.17) is 19.3 Å². The molecule has 0 aromatic carbocycles. The van der Waals surface area contributed by atoms with Crippen LogP contribution in [0.15, 0.2) is 12.2 Å². The summed E-state index contributed by atoms with van der Waals surface area (Å²) in [6.45, 7) is 1.09. The van der Waals surface area contributed by atoms with Gasteiger partial charge < -0.3 is 39.7 Å². The van der Waals surface area contributed by atoms with E-state index in [-0.39, 0.29) is 19.2 Å². The lowest BCUT2D eigenvalue weighted by Crippen LogP contribution is -2.59. The number of hydrogen-bond donors (Lipinski definition) is 5. The van der Waals surface area contributed by atoms with Crippen molar-refractivity contribution in [2.24, 2.45) is 0 Å². The normalized spacial score (nSPS) is 25.3. The highest BCUT2D eigenvalue weighted by molar-refractivity contribution is 5.69. The molecule has 1 saturated heterocycles. The third-order valence-electron chi connectivity index (χ3n) is 6.38. The lowest BCUT2D eigenvalue weighted by atomic mass is 9.99. The Bertz CT molecular complexity index is 569. The first-order valence-electron chi connectivity index (χ1n) is 13.8. The highest BCUT2D eigenvalue weighted by atomic mass is 16.7. The highest BCUT2D eigenvalue weighted by Gasteiger charge is 2.44. The molecule has 0 unspecified atom stereocenters. The first-order chi connectivity index (χ1) is 17.4. The number of hydrogen-bond acceptors (Lipinski definition) is 9. The Labute approximate surface area is 216 Å². The van der Waals surface area contributed by atoms with E-state index < -0.39 is 43.4 Å². The van der Waals surface area contributed by atoms with Gasteiger partial charge in [0.15, 0.2) is 6.29 Å². The molecule has 0 spiro atoms. The molecule has 0 aliphatic carbocycles. The Balaban J connectivity index is 1.98. The van der Waals surface area contributed by atoms with Crippen LogP contribution in [0.5, 0.6) is 0 Å². The molecule has 9 heteroatoms. The van der Waals surface area contributed by atoms with E-state index in [0.29, 0.717) is 6.42 Å².